The first kappa shape index (κ1) is 15.3. The van der Waals surface area contributed by atoms with Crippen LogP contribution in [0.15, 0.2) is 46.0 Å². The van der Waals surface area contributed by atoms with Crippen molar-refractivity contribution in [1.82, 2.24) is 4.98 Å². The summed E-state index contributed by atoms with van der Waals surface area (Å²) in [5.74, 6) is 0.142. The summed E-state index contributed by atoms with van der Waals surface area (Å²) in [6, 6.07) is 6.91. The molecule has 1 heterocycles. The van der Waals surface area contributed by atoms with Gasteiger partial charge in [0, 0.05) is 11.9 Å². The van der Waals surface area contributed by atoms with Crippen LogP contribution in [0, 0.1) is 5.82 Å². The lowest BCUT2D eigenvalue weighted by atomic mass is 10.2. The zero-order valence-electron chi connectivity index (χ0n) is 9.92. The van der Waals surface area contributed by atoms with Gasteiger partial charge in [0.1, 0.15) is 5.82 Å². The predicted molar refractivity (Wildman–Crippen MR) is 72.9 cm³/mol. The topological polar surface area (TPSA) is 12.9 Å². The van der Waals surface area contributed by atoms with Crippen LogP contribution >= 0.6 is 27.7 Å². The second kappa shape index (κ2) is 6.13. The van der Waals surface area contributed by atoms with Crippen LogP contribution in [0.5, 0.6) is 0 Å². The first-order valence-electron chi connectivity index (χ1n) is 5.46. The van der Waals surface area contributed by atoms with E-state index in [9.17, 15) is 17.6 Å². The quantitative estimate of drug-likeness (QED) is 0.541. The van der Waals surface area contributed by atoms with Crippen molar-refractivity contribution in [2.45, 2.75) is 17.0 Å². The van der Waals surface area contributed by atoms with Crippen LogP contribution in [0.3, 0.4) is 0 Å². The maximum absolute atomic E-state index is 13.0. The number of alkyl halides is 3. The molecular formula is C13H8BrF4NS. The number of aromatic nitrogens is 1. The summed E-state index contributed by atoms with van der Waals surface area (Å²) in [5.41, 5.74) is 0.0800. The predicted octanol–water partition coefficient (Wildman–Crippen LogP) is 5.29. The second-order valence-corrected chi connectivity index (χ2v) is 5.77. The molecule has 1 aromatic heterocycles. The molecule has 1 nitrogen and oxygen atoms in total. The fraction of sp³-hybridized carbons (Fsp3) is 0.154. The average molecular weight is 366 g/mol. The lowest BCUT2D eigenvalue weighted by molar-refractivity contribution is -0.137. The van der Waals surface area contributed by atoms with Gasteiger partial charge in [-0.1, -0.05) is 6.07 Å². The molecule has 0 aliphatic rings. The van der Waals surface area contributed by atoms with E-state index in [0.717, 1.165) is 17.8 Å². The van der Waals surface area contributed by atoms with E-state index in [1.54, 1.807) is 12.1 Å². The second-order valence-electron chi connectivity index (χ2n) is 3.92. The van der Waals surface area contributed by atoms with Gasteiger partial charge in [-0.05, 0) is 45.8 Å². The van der Waals surface area contributed by atoms with E-state index in [1.165, 1.54) is 23.9 Å². The Morgan fingerprint density at radius 2 is 1.90 bits per heavy atom. The van der Waals surface area contributed by atoms with Crippen molar-refractivity contribution in [1.29, 1.82) is 0 Å². The number of thioether (sulfide) groups is 1. The molecule has 0 unspecified atom stereocenters. The SMILES string of the molecule is Fc1ccc(CSc2ccc(C(F)(F)F)cn2)cc1Br. The van der Waals surface area contributed by atoms with E-state index in [1.807, 2.05) is 0 Å². The average Bonchev–Trinajstić information content (AvgIpc) is 2.40. The Bertz CT molecular complexity index is 598. The molecular weight excluding hydrogens is 358 g/mol. The Morgan fingerprint density at radius 1 is 1.15 bits per heavy atom. The summed E-state index contributed by atoms with van der Waals surface area (Å²) in [6.07, 6.45) is -3.57. The van der Waals surface area contributed by atoms with Gasteiger partial charge in [0.25, 0.3) is 0 Å². The highest BCUT2D eigenvalue weighted by atomic mass is 79.9. The summed E-state index contributed by atoms with van der Waals surface area (Å²) in [5, 5.41) is 0.485. The molecule has 0 fully saturated rings. The minimum absolute atomic E-state index is 0.355. The van der Waals surface area contributed by atoms with Crippen LogP contribution in [0.1, 0.15) is 11.1 Å². The van der Waals surface area contributed by atoms with E-state index < -0.39 is 11.7 Å². The van der Waals surface area contributed by atoms with Crippen molar-refractivity contribution in [3.05, 3.63) is 57.9 Å². The molecule has 106 valence electrons. The van der Waals surface area contributed by atoms with Gasteiger partial charge in [-0.3, -0.25) is 0 Å². The Kier molecular flexibility index (Phi) is 4.70. The maximum atomic E-state index is 13.0. The van der Waals surface area contributed by atoms with Crippen molar-refractivity contribution in [2.24, 2.45) is 0 Å². The Balaban J connectivity index is 2.02. The lowest BCUT2D eigenvalue weighted by Crippen LogP contribution is -2.05. The number of halogens is 5. The minimum Gasteiger partial charge on any atom is -0.249 e. The number of nitrogens with zero attached hydrogens (tertiary/aromatic N) is 1. The van der Waals surface area contributed by atoms with Gasteiger partial charge in [-0.25, -0.2) is 9.37 Å². The molecule has 0 saturated carbocycles. The van der Waals surface area contributed by atoms with Crippen molar-refractivity contribution in [3.63, 3.8) is 0 Å². The van der Waals surface area contributed by atoms with Crippen LogP contribution in [0.25, 0.3) is 0 Å². The molecule has 20 heavy (non-hydrogen) atoms. The zero-order chi connectivity index (χ0) is 14.8. The third-order valence-corrected chi connectivity index (χ3v) is 4.06. The molecule has 0 amide bonds. The molecule has 7 heteroatoms. The van der Waals surface area contributed by atoms with Gasteiger partial charge in [-0.2, -0.15) is 13.2 Å². The van der Waals surface area contributed by atoms with Crippen LogP contribution in [0.2, 0.25) is 0 Å². The molecule has 0 N–H and O–H groups in total. The Hall–Kier alpha value is -1.08. The summed E-state index contributed by atoms with van der Waals surface area (Å²) in [4.78, 5) is 3.76. The monoisotopic (exact) mass is 365 g/mol. The highest BCUT2D eigenvalue weighted by Gasteiger charge is 2.30. The Labute approximate surface area is 125 Å². The molecule has 2 rings (SSSR count). The first-order chi connectivity index (χ1) is 9.36. The Morgan fingerprint density at radius 3 is 2.45 bits per heavy atom. The van der Waals surface area contributed by atoms with E-state index in [0.29, 0.717) is 15.3 Å². The third-order valence-electron chi connectivity index (χ3n) is 2.43. The van der Waals surface area contributed by atoms with Crippen molar-refractivity contribution >= 4 is 27.7 Å². The molecule has 1 aromatic carbocycles. The van der Waals surface area contributed by atoms with Gasteiger partial charge < -0.3 is 0 Å². The summed E-state index contributed by atoms with van der Waals surface area (Å²) >= 11 is 4.36. The van der Waals surface area contributed by atoms with Crippen molar-refractivity contribution in [3.8, 4) is 0 Å². The normalized spacial score (nSPS) is 11.7. The molecule has 0 spiro atoms. The van der Waals surface area contributed by atoms with E-state index in [4.69, 9.17) is 0 Å². The molecule has 0 radical (unpaired) electrons. The van der Waals surface area contributed by atoms with Crippen LogP contribution in [0.4, 0.5) is 17.6 Å². The van der Waals surface area contributed by atoms with Crippen molar-refractivity contribution in [2.75, 3.05) is 0 Å². The fourth-order valence-corrected chi connectivity index (χ4v) is 2.63. The number of benzene rings is 1. The van der Waals surface area contributed by atoms with E-state index in [-0.39, 0.29) is 5.82 Å². The van der Waals surface area contributed by atoms with Crippen molar-refractivity contribution < 1.29 is 17.6 Å². The van der Waals surface area contributed by atoms with Gasteiger partial charge in [0.15, 0.2) is 0 Å². The highest BCUT2D eigenvalue weighted by molar-refractivity contribution is 9.10. The van der Waals surface area contributed by atoms with E-state index in [2.05, 4.69) is 20.9 Å². The smallest absolute Gasteiger partial charge is 0.249 e. The largest absolute Gasteiger partial charge is 0.417 e. The fourth-order valence-electron chi connectivity index (χ4n) is 1.42. The molecule has 2 aromatic rings. The third kappa shape index (κ3) is 3.96. The highest BCUT2D eigenvalue weighted by Crippen LogP contribution is 2.30. The minimum atomic E-state index is -4.38. The standard InChI is InChI=1S/C13H8BrF4NS/c14-10-5-8(1-3-11(10)15)7-20-12-4-2-9(6-19-12)13(16,17)18/h1-6H,7H2. The maximum Gasteiger partial charge on any atom is 0.417 e. The van der Waals surface area contributed by atoms with Crippen LogP contribution in [-0.2, 0) is 11.9 Å². The number of hydrogen-bond donors (Lipinski definition) is 0. The summed E-state index contributed by atoms with van der Waals surface area (Å²) in [6.45, 7) is 0. The molecule has 0 aliphatic heterocycles. The molecule has 0 bridgehead atoms. The number of pyridine rings is 1. The summed E-state index contributed by atoms with van der Waals surface area (Å²) in [7, 11) is 0. The number of rotatable bonds is 3. The van der Waals surface area contributed by atoms with Crippen LogP contribution < -0.4 is 0 Å². The zero-order valence-corrected chi connectivity index (χ0v) is 12.3. The first-order valence-corrected chi connectivity index (χ1v) is 7.24. The lowest BCUT2D eigenvalue weighted by Gasteiger charge is -2.07. The number of hydrogen-bond acceptors (Lipinski definition) is 2. The van der Waals surface area contributed by atoms with Gasteiger partial charge in [0.05, 0.1) is 15.1 Å². The van der Waals surface area contributed by atoms with Gasteiger partial charge in [0.2, 0.25) is 0 Å². The van der Waals surface area contributed by atoms with Gasteiger partial charge in [-0.15, -0.1) is 11.8 Å². The van der Waals surface area contributed by atoms with Gasteiger partial charge >= 0.3 is 6.18 Å². The molecule has 0 atom stereocenters. The van der Waals surface area contributed by atoms with E-state index >= 15 is 0 Å². The van der Waals surface area contributed by atoms with Crippen LogP contribution in [-0.4, -0.2) is 4.98 Å². The molecule has 0 saturated heterocycles. The molecule has 0 aliphatic carbocycles. The summed E-state index contributed by atoms with van der Waals surface area (Å²) < 4.78 is 50.5.